The van der Waals surface area contributed by atoms with Crippen molar-refractivity contribution in [1.29, 1.82) is 0 Å². The molecule has 34 heavy (non-hydrogen) atoms. The van der Waals surface area contributed by atoms with Gasteiger partial charge in [0, 0.05) is 33.6 Å². The van der Waals surface area contributed by atoms with Gasteiger partial charge < -0.3 is 5.32 Å². The smallest absolute Gasteiger partial charge is 0.234 e. The van der Waals surface area contributed by atoms with E-state index in [2.05, 4.69) is 72.5 Å². The number of nitrogens with one attached hydrogen (secondary N) is 1. The van der Waals surface area contributed by atoms with Crippen LogP contribution in [0.2, 0.25) is 0 Å². The van der Waals surface area contributed by atoms with E-state index in [1.807, 2.05) is 34.9 Å². The minimum absolute atomic E-state index is 0.0627. The van der Waals surface area contributed by atoms with Crippen LogP contribution in [0.3, 0.4) is 0 Å². The van der Waals surface area contributed by atoms with Crippen molar-refractivity contribution in [3.63, 3.8) is 0 Å². The third kappa shape index (κ3) is 5.16. The number of amides is 1. The number of allylic oxidation sites excluding steroid dienone is 1. The van der Waals surface area contributed by atoms with E-state index in [9.17, 15) is 4.79 Å². The number of benzene rings is 2. The van der Waals surface area contributed by atoms with Crippen LogP contribution in [0.5, 0.6) is 0 Å². The summed E-state index contributed by atoms with van der Waals surface area (Å²) in [6, 6.07) is 16.4. The summed E-state index contributed by atoms with van der Waals surface area (Å²) in [6.45, 7) is 10.8. The molecule has 0 saturated heterocycles. The van der Waals surface area contributed by atoms with E-state index in [1.54, 1.807) is 11.3 Å². The van der Waals surface area contributed by atoms with Crippen LogP contribution in [0.25, 0.3) is 22.5 Å². The summed E-state index contributed by atoms with van der Waals surface area (Å²) in [5.74, 6) is 0.979. The van der Waals surface area contributed by atoms with E-state index >= 15 is 0 Å². The first-order valence-corrected chi connectivity index (χ1v) is 13.1. The summed E-state index contributed by atoms with van der Waals surface area (Å²) < 4.78 is 2.03. The summed E-state index contributed by atoms with van der Waals surface area (Å²) in [5, 5.41) is 14.8. The maximum atomic E-state index is 12.7. The number of nitrogens with zero attached hydrogens (tertiary/aromatic N) is 3. The number of para-hydroxylation sites is 1. The van der Waals surface area contributed by atoms with Crippen LogP contribution in [0.1, 0.15) is 22.9 Å². The highest BCUT2D eigenvalue weighted by atomic mass is 32.2. The average molecular weight is 489 g/mol. The number of thiophene rings is 1. The molecular weight excluding hydrogens is 460 g/mol. The Hall–Kier alpha value is -3.16. The Morgan fingerprint density at radius 2 is 1.91 bits per heavy atom. The van der Waals surface area contributed by atoms with Crippen LogP contribution < -0.4 is 5.32 Å². The molecule has 4 aromatic rings. The van der Waals surface area contributed by atoms with Crippen LogP contribution in [0.4, 0.5) is 5.69 Å². The molecule has 0 unspecified atom stereocenters. The van der Waals surface area contributed by atoms with Gasteiger partial charge in [0.2, 0.25) is 5.91 Å². The Labute approximate surface area is 208 Å². The second-order valence-electron chi connectivity index (χ2n) is 8.00. The van der Waals surface area contributed by atoms with Crippen LogP contribution in [-0.4, -0.2) is 26.4 Å². The lowest BCUT2D eigenvalue weighted by Gasteiger charge is -2.11. The van der Waals surface area contributed by atoms with Crippen molar-refractivity contribution in [3.05, 3.63) is 82.6 Å². The predicted molar refractivity (Wildman–Crippen MR) is 144 cm³/mol. The van der Waals surface area contributed by atoms with Gasteiger partial charge in [-0.25, -0.2) is 0 Å². The summed E-state index contributed by atoms with van der Waals surface area (Å²) in [7, 11) is 0. The molecule has 0 aliphatic rings. The van der Waals surface area contributed by atoms with Gasteiger partial charge in [-0.05, 0) is 37.5 Å². The lowest BCUT2D eigenvalue weighted by atomic mass is 10.0. The van der Waals surface area contributed by atoms with Gasteiger partial charge in [-0.2, -0.15) is 0 Å². The molecule has 7 heteroatoms. The standard InChI is InChI=1S/C27H28N4OS2/c1-5-15-31-26(22-16-33-19(4)25(22)21-13-11-18(3)12-14-21)29-30-27(31)34-17-24(32)28-23-10-8-7-9-20(23)6-2/h5,7-14,16H,1,6,15,17H2,2-4H3,(H,28,32). The maximum absolute atomic E-state index is 12.7. The minimum Gasteiger partial charge on any atom is -0.325 e. The number of thioether (sulfide) groups is 1. The fourth-order valence-electron chi connectivity index (χ4n) is 3.85. The molecule has 0 fully saturated rings. The zero-order chi connectivity index (χ0) is 24.1. The molecule has 5 nitrogen and oxygen atoms in total. The molecule has 0 spiro atoms. The molecule has 4 rings (SSSR count). The molecule has 0 saturated carbocycles. The number of rotatable bonds is 9. The molecule has 2 heterocycles. The van der Waals surface area contributed by atoms with Gasteiger partial charge in [0.15, 0.2) is 11.0 Å². The Morgan fingerprint density at radius 3 is 2.65 bits per heavy atom. The summed E-state index contributed by atoms with van der Waals surface area (Å²) >= 11 is 3.09. The molecular formula is C27H28N4OS2. The van der Waals surface area contributed by atoms with Crippen molar-refractivity contribution < 1.29 is 4.79 Å². The molecule has 1 N–H and O–H groups in total. The first kappa shape index (κ1) is 24.0. The number of hydrogen-bond donors (Lipinski definition) is 1. The topological polar surface area (TPSA) is 59.8 Å². The van der Waals surface area contributed by atoms with Crippen molar-refractivity contribution in [2.24, 2.45) is 0 Å². The van der Waals surface area contributed by atoms with E-state index in [-0.39, 0.29) is 11.7 Å². The Kier molecular flexibility index (Phi) is 7.65. The first-order valence-electron chi connectivity index (χ1n) is 11.2. The van der Waals surface area contributed by atoms with Crippen molar-refractivity contribution in [3.8, 4) is 22.5 Å². The summed E-state index contributed by atoms with van der Waals surface area (Å²) in [6.07, 6.45) is 2.70. The fourth-order valence-corrected chi connectivity index (χ4v) is 5.46. The molecule has 174 valence electrons. The van der Waals surface area contributed by atoms with E-state index in [0.717, 1.165) is 34.6 Å². The van der Waals surface area contributed by atoms with Gasteiger partial charge in [0.1, 0.15) is 0 Å². The third-order valence-electron chi connectivity index (χ3n) is 5.59. The van der Waals surface area contributed by atoms with Crippen LogP contribution >= 0.6 is 23.1 Å². The number of aromatic nitrogens is 3. The lowest BCUT2D eigenvalue weighted by Crippen LogP contribution is -2.15. The van der Waals surface area contributed by atoms with Gasteiger partial charge in [-0.1, -0.05) is 72.8 Å². The van der Waals surface area contributed by atoms with Crippen molar-refractivity contribution in [1.82, 2.24) is 14.8 Å². The monoisotopic (exact) mass is 488 g/mol. The molecule has 0 atom stereocenters. The fraction of sp³-hybridized carbons (Fsp3) is 0.222. The summed E-state index contributed by atoms with van der Waals surface area (Å²) in [5.41, 5.74) is 6.60. The highest BCUT2D eigenvalue weighted by Crippen LogP contribution is 2.39. The Balaban J connectivity index is 1.58. The van der Waals surface area contributed by atoms with E-state index < -0.39 is 0 Å². The quantitative estimate of drug-likeness (QED) is 0.209. The first-order chi connectivity index (χ1) is 16.5. The van der Waals surface area contributed by atoms with E-state index in [1.165, 1.54) is 27.8 Å². The SMILES string of the molecule is C=CCn1c(SCC(=O)Nc2ccccc2CC)nnc1-c1csc(C)c1-c1ccc(C)cc1. The number of hydrogen-bond acceptors (Lipinski definition) is 5. The van der Waals surface area contributed by atoms with Gasteiger partial charge in [-0.15, -0.1) is 28.1 Å². The van der Waals surface area contributed by atoms with E-state index in [4.69, 9.17) is 0 Å². The minimum atomic E-state index is -0.0627. The highest BCUT2D eigenvalue weighted by molar-refractivity contribution is 7.99. The maximum Gasteiger partial charge on any atom is 0.234 e. The predicted octanol–water partition coefficient (Wildman–Crippen LogP) is 6.77. The second kappa shape index (κ2) is 10.8. The molecule has 0 bridgehead atoms. The molecule has 0 aliphatic carbocycles. The zero-order valence-corrected chi connectivity index (χ0v) is 21.3. The Morgan fingerprint density at radius 1 is 1.15 bits per heavy atom. The van der Waals surface area contributed by atoms with Crippen LogP contribution in [0, 0.1) is 13.8 Å². The molecule has 2 aromatic carbocycles. The number of anilines is 1. The third-order valence-corrected chi connectivity index (χ3v) is 7.47. The van der Waals surface area contributed by atoms with Gasteiger partial charge in [-0.3, -0.25) is 9.36 Å². The second-order valence-corrected chi connectivity index (χ2v) is 10.0. The summed E-state index contributed by atoms with van der Waals surface area (Å²) in [4.78, 5) is 13.9. The van der Waals surface area contributed by atoms with E-state index in [0.29, 0.717) is 11.7 Å². The largest absolute Gasteiger partial charge is 0.325 e. The van der Waals surface area contributed by atoms with Crippen LogP contribution in [0.15, 0.2) is 71.7 Å². The van der Waals surface area contributed by atoms with Gasteiger partial charge in [0.25, 0.3) is 0 Å². The number of carbonyl (C=O) groups is 1. The van der Waals surface area contributed by atoms with Crippen molar-refractivity contribution in [2.45, 2.75) is 38.9 Å². The zero-order valence-electron chi connectivity index (χ0n) is 19.7. The number of carbonyl (C=O) groups excluding carboxylic acids is 1. The van der Waals surface area contributed by atoms with Crippen molar-refractivity contribution >= 4 is 34.7 Å². The van der Waals surface area contributed by atoms with Crippen molar-refractivity contribution in [2.75, 3.05) is 11.1 Å². The normalized spacial score (nSPS) is 10.9. The van der Waals surface area contributed by atoms with Crippen LogP contribution in [-0.2, 0) is 17.8 Å². The lowest BCUT2D eigenvalue weighted by molar-refractivity contribution is -0.113. The average Bonchev–Trinajstić information content (AvgIpc) is 3.42. The highest BCUT2D eigenvalue weighted by Gasteiger charge is 2.21. The van der Waals surface area contributed by atoms with Gasteiger partial charge in [0.05, 0.1) is 5.75 Å². The molecule has 1 amide bonds. The molecule has 0 aliphatic heterocycles. The molecule has 2 aromatic heterocycles. The number of aryl methyl sites for hydroxylation is 3. The van der Waals surface area contributed by atoms with Gasteiger partial charge >= 0.3 is 0 Å². The molecule has 0 radical (unpaired) electrons. The Bertz CT molecular complexity index is 1300.